The van der Waals surface area contributed by atoms with Crippen molar-refractivity contribution in [2.75, 3.05) is 0 Å². The topological polar surface area (TPSA) is 62.4 Å². The molecule has 0 spiro atoms. The maximum Gasteiger partial charge on any atom is 0.331 e. The summed E-state index contributed by atoms with van der Waals surface area (Å²) in [5.41, 5.74) is 2.62. The summed E-state index contributed by atoms with van der Waals surface area (Å²) < 4.78 is 75.8. The van der Waals surface area contributed by atoms with Gasteiger partial charge in [0.05, 0.1) is 12.5 Å². The number of fused-ring (bicyclic) bond motifs is 1. The number of ether oxygens (including phenoxy) is 1. The van der Waals surface area contributed by atoms with Crippen LogP contribution in [-0.4, -0.2) is 26.5 Å². The zero-order chi connectivity index (χ0) is 32.9. The van der Waals surface area contributed by atoms with Gasteiger partial charge >= 0.3 is 5.97 Å². The predicted molar refractivity (Wildman–Crippen MR) is 167 cm³/mol. The predicted octanol–water partition coefficient (Wildman–Crippen LogP) is 9.20. The Hall–Kier alpha value is -3.87. The van der Waals surface area contributed by atoms with Crippen molar-refractivity contribution in [1.29, 1.82) is 0 Å². The molecule has 5 nitrogen and oxygen atoms in total. The lowest BCUT2D eigenvalue weighted by Gasteiger charge is -2.35. The van der Waals surface area contributed by atoms with Crippen molar-refractivity contribution >= 4 is 62.1 Å². The van der Waals surface area contributed by atoms with E-state index in [0.717, 1.165) is 21.8 Å². The van der Waals surface area contributed by atoms with Gasteiger partial charge in [0.1, 0.15) is 0 Å². The average molecular weight is 736 g/mol. The van der Waals surface area contributed by atoms with Crippen LogP contribution < -0.4 is 4.74 Å². The first-order chi connectivity index (χ1) is 21.9. The number of nitrogens with one attached hydrogen (secondary N) is 1. The minimum absolute atomic E-state index is 0.0169. The minimum Gasteiger partial charge on any atom is -0.419 e. The largest absolute Gasteiger partial charge is 0.419 e. The molecule has 1 aromatic heterocycles. The highest BCUT2D eigenvalue weighted by Gasteiger charge is 2.60. The van der Waals surface area contributed by atoms with Crippen molar-refractivity contribution < 1.29 is 36.3 Å². The number of aromatic amines is 1. The number of H-pyrrole nitrogens is 1. The van der Waals surface area contributed by atoms with Crippen LogP contribution in [0.5, 0.6) is 5.75 Å². The van der Waals surface area contributed by atoms with Gasteiger partial charge in [0.2, 0.25) is 40.7 Å². The Morgan fingerprint density at radius 3 is 2.26 bits per heavy atom. The lowest BCUT2D eigenvalue weighted by Crippen LogP contribution is -2.44. The van der Waals surface area contributed by atoms with Crippen LogP contribution >= 0.6 is 39.3 Å². The van der Waals surface area contributed by atoms with Crippen LogP contribution in [0.2, 0.25) is 5.02 Å². The molecule has 2 heterocycles. The summed E-state index contributed by atoms with van der Waals surface area (Å²) in [6, 6.07) is 17.9. The number of rotatable bonds is 7. The summed E-state index contributed by atoms with van der Waals surface area (Å²) in [7, 11) is 0. The van der Waals surface area contributed by atoms with Crippen molar-refractivity contribution in [1.82, 2.24) is 9.88 Å². The number of halogens is 7. The Bertz CT molecular complexity index is 1980. The number of aryl methyl sites for hydroxylation is 1. The molecule has 0 bridgehead atoms. The number of aromatic nitrogens is 1. The Kier molecular flexibility index (Phi) is 8.64. The average Bonchev–Trinajstić information content (AvgIpc) is 3.56. The standard InChI is InChI=1S/C33H21BrClF5N2O3S/c1-16-2-9-20(10-3-16)46-33(32(44)45-30-28(39)26(37)25(36)27(38)29(30)40)13-24(43)42(15-17-4-6-18(34)7-5-17)31(33)22-14-41-23-12-19(35)8-11-21(22)23/h2-12,14,31,41H,13,15H2,1H3/t31-,33-/m0/s1. The van der Waals surface area contributed by atoms with E-state index >= 15 is 0 Å². The number of carbonyl (C=O) groups is 2. The highest BCUT2D eigenvalue weighted by molar-refractivity contribution is 9.10. The van der Waals surface area contributed by atoms with Gasteiger partial charge in [-0.25, -0.2) is 18.0 Å². The van der Waals surface area contributed by atoms with Crippen LogP contribution in [-0.2, 0) is 16.1 Å². The van der Waals surface area contributed by atoms with E-state index in [9.17, 15) is 31.5 Å². The highest BCUT2D eigenvalue weighted by atomic mass is 79.9. The van der Waals surface area contributed by atoms with Crippen molar-refractivity contribution in [3.8, 4) is 5.75 Å². The molecule has 6 rings (SSSR count). The third-order valence-electron chi connectivity index (χ3n) is 7.75. The number of hydrogen-bond donors (Lipinski definition) is 1. The van der Waals surface area contributed by atoms with Gasteiger partial charge in [-0.3, -0.25) is 4.79 Å². The minimum atomic E-state index is -2.40. The lowest BCUT2D eigenvalue weighted by atomic mass is 9.92. The summed E-state index contributed by atoms with van der Waals surface area (Å²) in [6.07, 6.45) is 1.07. The number of nitrogens with zero attached hydrogens (tertiary/aromatic N) is 1. The Balaban J connectivity index is 1.56. The number of benzene rings is 4. The van der Waals surface area contributed by atoms with Crippen LogP contribution in [0.3, 0.4) is 0 Å². The number of hydrogen-bond acceptors (Lipinski definition) is 4. The first-order valence-corrected chi connectivity index (χ1v) is 15.7. The summed E-state index contributed by atoms with van der Waals surface area (Å²) >= 11 is 10.5. The molecule has 0 aliphatic carbocycles. The molecule has 13 heteroatoms. The molecule has 1 N–H and O–H groups in total. The molecule has 5 aromatic rings. The lowest BCUT2D eigenvalue weighted by molar-refractivity contribution is -0.138. The second kappa shape index (κ2) is 12.4. The zero-order valence-corrected chi connectivity index (χ0v) is 26.8. The Labute approximate surface area is 276 Å². The maximum atomic E-state index is 14.8. The monoisotopic (exact) mass is 734 g/mol. The normalized spacial score (nSPS) is 18.0. The van der Waals surface area contributed by atoms with E-state index in [-0.39, 0.29) is 6.54 Å². The van der Waals surface area contributed by atoms with E-state index in [2.05, 4.69) is 20.9 Å². The molecule has 2 atom stereocenters. The van der Waals surface area contributed by atoms with Crippen molar-refractivity contribution in [3.05, 3.63) is 128 Å². The summed E-state index contributed by atoms with van der Waals surface area (Å²) in [4.78, 5) is 33.4. The highest BCUT2D eigenvalue weighted by Crippen LogP contribution is 2.55. The number of carbonyl (C=O) groups excluding carboxylic acids is 2. The van der Waals surface area contributed by atoms with Gasteiger partial charge < -0.3 is 14.6 Å². The summed E-state index contributed by atoms with van der Waals surface area (Å²) in [6.45, 7) is 1.86. The van der Waals surface area contributed by atoms with E-state index in [1.54, 1.807) is 72.9 Å². The molecular formula is C33H21BrClF5N2O3S. The Morgan fingerprint density at radius 2 is 1.61 bits per heavy atom. The van der Waals surface area contributed by atoms with Crippen LogP contribution in [0.1, 0.15) is 29.2 Å². The number of thioether (sulfide) groups is 1. The van der Waals surface area contributed by atoms with Gasteiger partial charge in [-0.05, 0) is 48.9 Å². The third-order valence-corrected chi connectivity index (χ3v) is 9.93. The van der Waals surface area contributed by atoms with Crippen molar-refractivity contribution in [2.24, 2.45) is 0 Å². The van der Waals surface area contributed by atoms with Crippen molar-refractivity contribution in [3.63, 3.8) is 0 Å². The van der Waals surface area contributed by atoms with Gasteiger partial charge in [0.25, 0.3) is 0 Å². The molecule has 1 saturated heterocycles. The van der Waals surface area contributed by atoms with Gasteiger partial charge in [0, 0.05) is 43.6 Å². The Morgan fingerprint density at radius 1 is 0.978 bits per heavy atom. The molecule has 0 unspecified atom stereocenters. The van der Waals surface area contributed by atoms with Crippen LogP contribution in [0.25, 0.3) is 10.9 Å². The van der Waals surface area contributed by atoms with Gasteiger partial charge in [0.15, 0.2) is 4.75 Å². The molecule has 4 aromatic carbocycles. The fourth-order valence-corrected chi connectivity index (χ4v) is 7.35. The SMILES string of the molecule is Cc1ccc(S[C@@]2(C(=O)Oc3c(F)c(F)c(F)c(F)c3F)CC(=O)N(Cc3ccc(Br)cc3)[C@H]2c2c[nH]c3cc(Cl)ccc23)cc1. The molecular weight excluding hydrogens is 715 g/mol. The molecule has 1 fully saturated rings. The van der Waals surface area contributed by atoms with Crippen LogP contribution in [0, 0.1) is 36.0 Å². The second-order valence-electron chi connectivity index (χ2n) is 10.8. The summed E-state index contributed by atoms with van der Waals surface area (Å²) in [5, 5.41) is 1.00. The van der Waals surface area contributed by atoms with Crippen molar-refractivity contribution in [2.45, 2.75) is 35.6 Å². The van der Waals surface area contributed by atoms with E-state index in [0.29, 0.717) is 31.9 Å². The van der Waals surface area contributed by atoms with Gasteiger partial charge in [-0.2, -0.15) is 8.78 Å². The van der Waals surface area contributed by atoms with Crippen LogP contribution in [0.15, 0.2) is 82.3 Å². The molecule has 46 heavy (non-hydrogen) atoms. The number of amides is 1. The second-order valence-corrected chi connectivity index (χ2v) is 13.5. The fraction of sp³-hybridized carbons (Fsp3) is 0.152. The smallest absolute Gasteiger partial charge is 0.331 e. The third kappa shape index (κ3) is 5.67. The fourth-order valence-electron chi connectivity index (χ4n) is 5.54. The number of esters is 1. The van der Waals surface area contributed by atoms with E-state index < -0.39 is 63.9 Å². The quantitative estimate of drug-likeness (QED) is 0.0596. The maximum absolute atomic E-state index is 14.8. The molecule has 0 saturated carbocycles. The van der Waals surface area contributed by atoms with Gasteiger partial charge in [-0.1, -0.05) is 63.4 Å². The molecule has 236 valence electrons. The van der Waals surface area contributed by atoms with E-state index in [4.69, 9.17) is 16.3 Å². The molecule has 0 radical (unpaired) electrons. The summed E-state index contributed by atoms with van der Waals surface area (Å²) in [5.74, 6) is -15.2. The van der Waals surface area contributed by atoms with Gasteiger partial charge in [-0.15, -0.1) is 11.8 Å². The van der Waals surface area contributed by atoms with E-state index in [1.807, 2.05) is 6.92 Å². The first-order valence-electron chi connectivity index (χ1n) is 13.7. The molecule has 1 aliphatic heterocycles. The zero-order valence-electron chi connectivity index (χ0n) is 23.6. The van der Waals surface area contributed by atoms with Crippen LogP contribution in [0.4, 0.5) is 22.0 Å². The first kappa shape index (κ1) is 32.1. The van der Waals surface area contributed by atoms with E-state index in [1.165, 1.54) is 4.90 Å². The number of likely N-dealkylation sites (tertiary alicyclic amines) is 1. The molecule has 1 aliphatic rings. The molecule has 1 amide bonds.